The molecule has 38 heavy (non-hydrogen) atoms. The van der Waals surface area contributed by atoms with Crippen molar-refractivity contribution in [3.8, 4) is 11.4 Å². The van der Waals surface area contributed by atoms with Crippen LogP contribution in [0.3, 0.4) is 0 Å². The summed E-state index contributed by atoms with van der Waals surface area (Å²) in [6.07, 6.45) is 5.27. The summed E-state index contributed by atoms with van der Waals surface area (Å²) in [6.45, 7) is 6.12. The molecule has 12 heteroatoms. The van der Waals surface area contributed by atoms with Crippen LogP contribution < -0.4 is 21.5 Å². The molecule has 196 valence electrons. The monoisotopic (exact) mass is 521 g/mol. The van der Waals surface area contributed by atoms with Crippen molar-refractivity contribution in [2.24, 2.45) is 0 Å². The van der Waals surface area contributed by atoms with Crippen LogP contribution in [0.15, 0.2) is 58.8 Å². The van der Waals surface area contributed by atoms with Crippen LogP contribution in [0.4, 0.5) is 25.1 Å². The number of nitrogens with one attached hydrogen (secondary N) is 2. The fourth-order valence-electron chi connectivity index (χ4n) is 4.21. The Bertz CT molecular complexity index is 1650. The van der Waals surface area contributed by atoms with Crippen LogP contribution in [-0.2, 0) is 6.54 Å². The van der Waals surface area contributed by atoms with Crippen molar-refractivity contribution in [2.45, 2.75) is 38.8 Å². The standard InChI is InChI=1S/C26H25F2N7O3/c1-3-11-33(25(37)30-16-6-9-18(27)19(28)13-16)20-10-5-15(14-29-20)22-31-21-23(32-22)34(12-4-2)26(38)35(24(21)36)17-7-8-17/h3,5-6,9-10,13-14,17H,1,4,7-8,11-12H2,2H3,(H,30,37)(H,31,32). The predicted octanol–water partition coefficient (Wildman–Crippen LogP) is 4.20. The van der Waals surface area contributed by atoms with E-state index in [4.69, 9.17) is 0 Å². The van der Waals surface area contributed by atoms with Gasteiger partial charge in [-0.05, 0) is 43.5 Å². The molecule has 3 heterocycles. The highest BCUT2D eigenvalue weighted by Crippen LogP contribution is 2.32. The first-order chi connectivity index (χ1) is 18.3. The quantitative estimate of drug-likeness (QED) is 0.337. The number of hydrogen-bond donors (Lipinski definition) is 2. The van der Waals surface area contributed by atoms with Crippen molar-refractivity contribution in [3.05, 3.63) is 81.7 Å². The molecule has 4 aromatic rings. The molecule has 1 aliphatic carbocycles. The van der Waals surface area contributed by atoms with Crippen LogP contribution in [0, 0.1) is 11.6 Å². The maximum Gasteiger partial charge on any atom is 0.333 e. The number of anilines is 2. The third-order valence-corrected chi connectivity index (χ3v) is 6.19. The highest BCUT2D eigenvalue weighted by atomic mass is 19.2. The first kappa shape index (κ1) is 25.1. The molecule has 0 unspecified atom stereocenters. The lowest BCUT2D eigenvalue weighted by Crippen LogP contribution is -2.39. The number of rotatable bonds is 8. The number of fused-ring (bicyclic) bond motifs is 1. The predicted molar refractivity (Wildman–Crippen MR) is 139 cm³/mol. The summed E-state index contributed by atoms with van der Waals surface area (Å²) in [6, 6.07) is 5.60. The lowest BCUT2D eigenvalue weighted by atomic mass is 10.2. The maximum atomic E-state index is 13.5. The van der Waals surface area contributed by atoms with Gasteiger partial charge in [0.2, 0.25) is 0 Å². The van der Waals surface area contributed by atoms with Crippen molar-refractivity contribution in [1.29, 1.82) is 0 Å². The Labute approximate surface area is 215 Å². The van der Waals surface area contributed by atoms with Gasteiger partial charge in [-0.2, -0.15) is 0 Å². The Balaban J connectivity index is 1.46. The molecule has 1 aromatic carbocycles. The molecule has 0 bridgehead atoms. The van der Waals surface area contributed by atoms with Crippen LogP contribution in [0.25, 0.3) is 22.6 Å². The number of urea groups is 1. The van der Waals surface area contributed by atoms with Crippen LogP contribution >= 0.6 is 0 Å². The number of aromatic nitrogens is 5. The number of imidazole rings is 1. The van der Waals surface area contributed by atoms with Crippen molar-refractivity contribution >= 4 is 28.7 Å². The molecule has 2 amide bonds. The van der Waals surface area contributed by atoms with Crippen LogP contribution in [0.5, 0.6) is 0 Å². The minimum atomic E-state index is -1.08. The molecule has 0 atom stereocenters. The van der Waals surface area contributed by atoms with Gasteiger partial charge in [-0.1, -0.05) is 13.0 Å². The van der Waals surface area contributed by atoms with E-state index in [0.29, 0.717) is 24.4 Å². The van der Waals surface area contributed by atoms with Gasteiger partial charge in [0.05, 0.1) is 0 Å². The van der Waals surface area contributed by atoms with Crippen LogP contribution in [0.1, 0.15) is 32.2 Å². The topological polar surface area (TPSA) is 118 Å². The lowest BCUT2D eigenvalue weighted by molar-refractivity contribution is 0.257. The number of carbonyl (C=O) groups is 1. The molecule has 10 nitrogen and oxygen atoms in total. The molecule has 1 fully saturated rings. The van der Waals surface area contributed by atoms with Crippen LogP contribution in [-0.4, -0.2) is 36.7 Å². The van der Waals surface area contributed by atoms with E-state index < -0.39 is 23.2 Å². The summed E-state index contributed by atoms with van der Waals surface area (Å²) in [5.41, 5.74) is 0.411. The number of carbonyl (C=O) groups excluding carboxylic acids is 1. The van der Waals surface area contributed by atoms with E-state index in [-0.39, 0.29) is 40.9 Å². The molecule has 0 aliphatic heterocycles. The van der Waals surface area contributed by atoms with Crippen molar-refractivity contribution in [2.75, 3.05) is 16.8 Å². The van der Waals surface area contributed by atoms with Gasteiger partial charge in [0.15, 0.2) is 17.3 Å². The minimum absolute atomic E-state index is 0.0800. The highest BCUT2D eigenvalue weighted by Gasteiger charge is 2.30. The molecule has 1 aliphatic rings. The number of hydrogen-bond acceptors (Lipinski definition) is 5. The molecule has 0 radical (unpaired) electrons. The number of aryl methyl sites for hydroxylation is 1. The number of pyridine rings is 1. The molecule has 1 saturated carbocycles. The Morgan fingerprint density at radius 2 is 2.03 bits per heavy atom. The van der Waals surface area contributed by atoms with Gasteiger partial charge in [0.1, 0.15) is 17.2 Å². The van der Waals surface area contributed by atoms with E-state index in [2.05, 4.69) is 26.8 Å². The third-order valence-electron chi connectivity index (χ3n) is 6.19. The van der Waals surface area contributed by atoms with E-state index in [1.165, 1.54) is 32.4 Å². The van der Waals surface area contributed by atoms with Gasteiger partial charge in [-0.25, -0.2) is 28.3 Å². The van der Waals surface area contributed by atoms with Crippen molar-refractivity contribution in [1.82, 2.24) is 24.1 Å². The van der Waals surface area contributed by atoms with E-state index >= 15 is 0 Å². The summed E-state index contributed by atoms with van der Waals surface area (Å²) in [4.78, 5) is 52.1. The Morgan fingerprint density at radius 3 is 2.66 bits per heavy atom. The van der Waals surface area contributed by atoms with Gasteiger partial charge in [0, 0.05) is 42.6 Å². The van der Waals surface area contributed by atoms with E-state index in [1.54, 1.807) is 12.1 Å². The lowest BCUT2D eigenvalue weighted by Gasteiger charge is -2.21. The molecule has 5 rings (SSSR count). The number of benzene rings is 1. The average molecular weight is 522 g/mol. The Morgan fingerprint density at radius 1 is 1.24 bits per heavy atom. The molecule has 0 spiro atoms. The van der Waals surface area contributed by atoms with Gasteiger partial charge in [-0.3, -0.25) is 18.8 Å². The fourth-order valence-corrected chi connectivity index (χ4v) is 4.21. The van der Waals surface area contributed by atoms with Gasteiger partial charge >= 0.3 is 11.7 Å². The summed E-state index contributed by atoms with van der Waals surface area (Å²) >= 11 is 0. The molecule has 3 aromatic heterocycles. The number of nitrogens with zero attached hydrogens (tertiary/aromatic N) is 5. The van der Waals surface area contributed by atoms with E-state index in [9.17, 15) is 23.2 Å². The zero-order chi connectivity index (χ0) is 27.0. The largest absolute Gasteiger partial charge is 0.333 e. The number of aromatic amines is 1. The Hall–Kier alpha value is -4.61. The Kier molecular flexibility index (Phi) is 6.62. The normalized spacial score (nSPS) is 13.0. The number of halogens is 2. The van der Waals surface area contributed by atoms with E-state index in [1.807, 2.05) is 6.92 Å². The highest BCUT2D eigenvalue weighted by molar-refractivity contribution is 6.01. The van der Waals surface area contributed by atoms with Crippen molar-refractivity contribution in [3.63, 3.8) is 0 Å². The summed E-state index contributed by atoms with van der Waals surface area (Å²) in [7, 11) is 0. The molecule has 2 N–H and O–H groups in total. The molecule has 0 saturated heterocycles. The number of amides is 2. The maximum absolute atomic E-state index is 13.5. The SMILES string of the molecule is C=CCN(C(=O)Nc1ccc(F)c(F)c1)c1ccc(-c2nc3c([nH]2)c(=O)n(C2CC2)c(=O)n3CCC)cn1. The smallest absolute Gasteiger partial charge is 0.332 e. The van der Waals surface area contributed by atoms with Gasteiger partial charge in [0.25, 0.3) is 5.56 Å². The average Bonchev–Trinajstić information content (AvgIpc) is 3.64. The second kappa shape index (κ2) is 10.0. The molecular weight excluding hydrogens is 496 g/mol. The second-order valence-corrected chi connectivity index (χ2v) is 8.99. The summed E-state index contributed by atoms with van der Waals surface area (Å²) in [5, 5.41) is 2.51. The minimum Gasteiger partial charge on any atom is -0.332 e. The first-order valence-electron chi connectivity index (χ1n) is 12.2. The van der Waals surface area contributed by atoms with Gasteiger partial charge in [-0.15, -0.1) is 6.58 Å². The zero-order valence-corrected chi connectivity index (χ0v) is 20.6. The number of H-pyrrole nitrogens is 1. The third kappa shape index (κ3) is 4.60. The summed E-state index contributed by atoms with van der Waals surface area (Å²) < 4.78 is 29.6. The summed E-state index contributed by atoms with van der Waals surface area (Å²) in [5.74, 6) is -1.48. The molecular formula is C26H25F2N7O3. The second-order valence-electron chi connectivity index (χ2n) is 8.99. The van der Waals surface area contributed by atoms with E-state index in [0.717, 1.165) is 25.0 Å². The zero-order valence-electron chi connectivity index (χ0n) is 20.6. The first-order valence-corrected chi connectivity index (χ1v) is 12.2. The fraction of sp³-hybridized carbons (Fsp3) is 0.269. The van der Waals surface area contributed by atoms with Crippen molar-refractivity contribution < 1.29 is 13.6 Å². The van der Waals surface area contributed by atoms with Gasteiger partial charge < -0.3 is 10.3 Å². The van der Waals surface area contributed by atoms with Crippen LogP contribution in [0.2, 0.25) is 0 Å².